The third kappa shape index (κ3) is 8.30. The second kappa shape index (κ2) is 16.6. The summed E-state index contributed by atoms with van der Waals surface area (Å²) >= 11 is 12.9. The van der Waals surface area contributed by atoms with Gasteiger partial charge in [-0.2, -0.15) is 0 Å². The number of carbonyl (C=O) groups is 2. The molecule has 2 aromatic carbocycles. The summed E-state index contributed by atoms with van der Waals surface area (Å²) in [6.07, 6.45) is 10.3. The summed E-state index contributed by atoms with van der Waals surface area (Å²) in [6, 6.07) is 10.6. The average Bonchev–Trinajstić information content (AvgIpc) is 4.12. The van der Waals surface area contributed by atoms with Crippen LogP contribution in [-0.4, -0.2) is 71.9 Å². The summed E-state index contributed by atoms with van der Waals surface area (Å²) in [5.41, 5.74) is 4.08. The summed E-state index contributed by atoms with van der Waals surface area (Å²) in [6.45, 7) is 6.67. The molecule has 4 aromatic rings. The zero-order valence-corrected chi connectivity index (χ0v) is 34.6. The van der Waals surface area contributed by atoms with Crippen molar-refractivity contribution in [3.63, 3.8) is 0 Å². The average molecular weight is 836 g/mol. The molecular weight excluding hydrogens is 787 g/mol. The summed E-state index contributed by atoms with van der Waals surface area (Å²) in [5, 5.41) is 19.8. The second-order valence-electron chi connectivity index (χ2n) is 16.3. The number of ether oxygens (including phenoxy) is 4. The molecule has 2 saturated carbocycles. The van der Waals surface area contributed by atoms with Gasteiger partial charge < -0.3 is 38.3 Å². The first-order chi connectivity index (χ1) is 27.7. The van der Waals surface area contributed by atoms with Crippen LogP contribution in [-0.2, 0) is 22.3 Å². The van der Waals surface area contributed by atoms with Crippen LogP contribution in [0.15, 0.2) is 58.4 Å². The van der Waals surface area contributed by atoms with Gasteiger partial charge in [0.05, 0.1) is 34.6 Å². The van der Waals surface area contributed by atoms with Crippen LogP contribution >= 0.6 is 23.2 Å². The first-order valence-corrected chi connectivity index (χ1v) is 20.3. The Bertz CT molecular complexity index is 2210. The van der Waals surface area contributed by atoms with E-state index in [1.54, 1.807) is 14.2 Å². The number of aromatic nitrogens is 2. The molecule has 2 aliphatic carbocycles. The van der Waals surface area contributed by atoms with E-state index in [0.29, 0.717) is 59.4 Å². The summed E-state index contributed by atoms with van der Waals surface area (Å²) in [5.74, 6) is -1.15. The van der Waals surface area contributed by atoms with Crippen molar-refractivity contribution >= 4 is 35.1 Å². The first-order valence-electron chi connectivity index (χ1n) is 19.6. The lowest BCUT2D eigenvalue weighted by Crippen LogP contribution is -2.29. The van der Waals surface area contributed by atoms with Crippen molar-refractivity contribution in [2.24, 2.45) is 10.8 Å². The van der Waals surface area contributed by atoms with Crippen LogP contribution in [0.2, 0.25) is 10.0 Å². The number of hydrogen-bond donors (Lipinski definition) is 2. The largest absolute Gasteiger partial charge is 0.492 e. The molecule has 8 rings (SSSR count). The normalized spacial score (nSPS) is 18.7. The lowest BCUT2D eigenvalue weighted by Gasteiger charge is -2.35. The molecule has 4 aliphatic rings. The number of halogens is 2. The van der Waals surface area contributed by atoms with Gasteiger partial charge in [0.15, 0.2) is 10.9 Å². The van der Waals surface area contributed by atoms with Gasteiger partial charge in [-0.25, -0.2) is 9.59 Å². The third-order valence-corrected chi connectivity index (χ3v) is 12.8. The monoisotopic (exact) mass is 834 g/mol. The lowest BCUT2D eigenvalue weighted by atomic mass is 9.85. The Labute approximate surface area is 346 Å². The molecule has 0 bridgehead atoms. The number of nitrogens with zero attached hydrogens (tertiary/aromatic N) is 2. The van der Waals surface area contributed by atoms with Crippen molar-refractivity contribution in [3.8, 4) is 34.0 Å². The SMILES string of the molecule is COCCCOc1cc2c(cc1Cl)-c1cc(=O)c(C(=O)O)cn1[C@@H](C1(C)CC1)C2.COCCCOc1cc2c(cc1Cl)-c1cc(=O)c(C(=O)O)cn1[C@H](C1(C)CC1)C2. The minimum Gasteiger partial charge on any atom is -0.492 e. The zero-order valence-electron chi connectivity index (χ0n) is 33.1. The molecule has 2 N–H and O–H groups in total. The van der Waals surface area contributed by atoms with Gasteiger partial charge in [-0.3, -0.25) is 9.59 Å². The minimum atomic E-state index is -1.20. The number of hydrogen-bond acceptors (Lipinski definition) is 8. The maximum atomic E-state index is 12.4. The topological polar surface area (TPSA) is 156 Å². The maximum absolute atomic E-state index is 12.4. The summed E-state index contributed by atoms with van der Waals surface area (Å²) in [7, 11) is 3.30. The van der Waals surface area contributed by atoms with E-state index in [0.717, 1.165) is 73.6 Å². The van der Waals surface area contributed by atoms with Crippen molar-refractivity contribution in [2.75, 3.05) is 40.6 Å². The van der Waals surface area contributed by atoms with E-state index in [2.05, 4.69) is 13.8 Å². The molecule has 0 amide bonds. The van der Waals surface area contributed by atoms with E-state index in [1.165, 1.54) is 24.5 Å². The van der Waals surface area contributed by atoms with Crippen LogP contribution in [0.3, 0.4) is 0 Å². The quantitative estimate of drug-likeness (QED) is 0.118. The number of fused-ring (bicyclic) bond motifs is 6. The first kappa shape index (κ1) is 41.5. The molecule has 14 heteroatoms. The van der Waals surface area contributed by atoms with Gasteiger partial charge in [0.1, 0.15) is 22.6 Å². The van der Waals surface area contributed by atoms with E-state index < -0.39 is 22.8 Å². The Balaban J connectivity index is 0.000000177. The molecule has 308 valence electrons. The van der Waals surface area contributed by atoms with Gasteiger partial charge in [-0.15, -0.1) is 0 Å². The maximum Gasteiger partial charge on any atom is 0.341 e. The van der Waals surface area contributed by atoms with Gasteiger partial charge >= 0.3 is 11.9 Å². The molecule has 12 nitrogen and oxygen atoms in total. The van der Waals surface area contributed by atoms with Gasteiger partial charge in [0.25, 0.3) is 0 Å². The molecule has 2 aliphatic heterocycles. The lowest BCUT2D eigenvalue weighted by molar-refractivity contribution is 0.0683. The number of aromatic carboxylic acids is 2. The van der Waals surface area contributed by atoms with E-state index in [-0.39, 0.29) is 34.0 Å². The summed E-state index contributed by atoms with van der Waals surface area (Å²) < 4.78 is 25.7. The molecule has 4 heterocycles. The minimum absolute atomic E-state index is 0.0891. The third-order valence-electron chi connectivity index (χ3n) is 12.2. The van der Waals surface area contributed by atoms with E-state index in [4.69, 9.17) is 42.1 Å². The van der Waals surface area contributed by atoms with Crippen LogP contribution in [0.25, 0.3) is 22.5 Å². The highest BCUT2D eigenvalue weighted by atomic mass is 35.5. The molecule has 58 heavy (non-hydrogen) atoms. The Morgan fingerprint density at radius 1 is 0.655 bits per heavy atom. The van der Waals surface area contributed by atoms with Crippen LogP contribution < -0.4 is 20.3 Å². The number of carboxylic acids is 2. The Kier molecular flexibility index (Phi) is 11.9. The Morgan fingerprint density at radius 2 is 1.03 bits per heavy atom. The fraction of sp³-hybridized carbons (Fsp3) is 0.455. The van der Waals surface area contributed by atoms with Crippen LogP contribution in [0.4, 0.5) is 0 Å². The van der Waals surface area contributed by atoms with E-state index in [1.807, 2.05) is 33.4 Å². The van der Waals surface area contributed by atoms with Gasteiger partial charge in [-0.05, 0) is 84.7 Å². The van der Waals surface area contributed by atoms with Crippen molar-refractivity contribution < 1.29 is 38.7 Å². The predicted molar refractivity (Wildman–Crippen MR) is 220 cm³/mol. The number of carboxylic acid groups (broad SMARTS) is 2. The fourth-order valence-corrected chi connectivity index (χ4v) is 8.64. The highest BCUT2D eigenvalue weighted by Gasteiger charge is 2.49. The molecule has 0 saturated heterocycles. The molecule has 2 aromatic heterocycles. The number of benzene rings is 2. The van der Waals surface area contributed by atoms with Crippen LogP contribution in [0.1, 0.15) is 96.3 Å². The number of rotatable bonds is 14. The van der Waals surface area contributed by atoms with Crippen LogP contribution in [0.5, 0.6) is 11.5 Å². The van der Waals surface area contributed by atoms with Crippen LogP contribution in [0, 0.1) is 10.8 Å². The van der Waals surface area contributed by atoms with Crippen molar-refractivity contribution in [2.45, 2.75) is 77.3 Å². The van der Waals surface area contributed by atoms with Crippen molar-refractivity contribution in [1.82, 2.24) is 9.13 Å². The molecule has 2 atom stereocenters. The fourth-order valence-electron chi connectivity index (χ4n) is 8.20. The predicted octanol–water partition coefficient (Wildman–Crippen LogP) is 8.36. The summed E-state index contributed by atoms with van der Waals surface area (Å²) in [4.78, 5) is 47.8. The van der Waals surface area contributed by atoms with Crippen molar-refractivity contribution in [3.05, 3.63) is 102 Å². The highest BCUT2D eigenvalue weighted by molar-refractivity contribution is 6.32. The van der Waals surface area contributed by atoms with E-state index >= 15 is 0 Å². The number of methoxy groups -OCH3 is 2. The van der Waals surface area contributed by atoms with E-state index in [9.17, 15) is 29.4 Å². The molecular formula is C44H48Cl2N2O10. The molecule has 0 radical (unpaired) electrons. The second-order valence-corrected chi connectivity index (χ2v) is 17.1. The van der Waals surface area contributed by atoms with Gasteiger partial charge in [0.2, 0.25) is 0 Å². The van der Waals surface area contributed by atoms with Crippen molar-refractivity contribution in [1.29, 1.82) is 0 Å². The Morgan fingerprint density at radius 3 is 1.36 bits per heavy atom. The highest BCUT2D eigenvalue weighted by Crippen LogP contribution is 2.59. The molecule has 0 spiro atoms. The van der Waals surface area contributed by atoms with Gasteiger partial charge in [0, 0.05) is 88.0 Å². The molecule has 0 unspecified atom stereocenters. The standard InChI is InChI=1S/2C22H24ClNO5/c2*1-22(4-5-22)20-9-13-8-19(29-7-3-6-28-2)16(23)10-14(13)17-11-18(25)15(21(26)27)12-24(17)20/h2*8,10-12,20H,3-7,9H2,1-2H3,(H,26,27)/t2*20-/m10/s1. The zero-order chi connectivity index (χ0) is 41.5. The Hall–Kier alpha value is -4.62. The number of pyridine rings is 2. The van der Waals surface area contributed by atoms with Gasteiger partial charge in [-0.1, -0.05) is 37.0 Å². The smallest absolute Gasteiger partial charge is 0.341 e. The molecule has 2 fully saturated rings.